The van der Waals surface area contributed by atoms with Gasteiger partial charge in [0.15, 0.2) is 0 Å². The molecule has 0 bridgehead atoms. The van der Waals surface area contributed by atoms with Gasteiger partial charge in [-0.2, -0.15) is 0 Å². The minimum atomic E-state index is -0.545. The molecule has 0 atom stereocenters. The number of hydrogen-bond donors (Lipinski definition) is 0. The van der Waals surface area contributed by atoms with Crippen molar-refractivity contribution in [3.63, 3.8) is 0 Å². The molecule has 30 heavy (non-hydrogen) atoms. The lowest BCUT2D eigenvalue weighted by molar-refractivity contribution is 0.0563. The largest absolute Gasteiger partial charge is 0.497 e. The zero-order chi connectivity index (χ0) is 21.4. The Balaban J connectivity index is 1.70. The Kier molecular flexibility index (Phi) is 4.95. The Hall–Kier alpha value is -3.74. The zero-order valence-corrected chi connectivity index (χ0v) is 17.0. The van der Waals surface area contributed by atoms with Gasteiger partial charge < -0.3 is 23.0 Å². The van der Waals surface area contributed by atoms with Crippen molar-refractivity contribution in [1.29, 1.82) is 0 Å². The Bertz CT molecular complexity index is 1330. The van der Waals surface area contributed by atoms with Crippen LogP contribution in [0.3, 0.4) is 0 Å². The molecule has 0 radical (unpaired) electrons. The molecule has 7 nitrogen and oxygen atoms in total. The molecular weight excluding hydrogens is 388 g/mol. The van der Waals surface area contributed by atoms with E-state index in [0.717, 1.165) is 16.3 Å². The Morgan fingerprint density at radius 2 is 1.73 bits per heavy atom. The molecule has 0 saturated carbocycles. The van der Waals surface area contributed by atoms with E-state index >= 15 is 0 Å². The number of carbonyl (C=O) groups is 1. The third-order valence-corrected chi connectivity index (χ3v) is 5.08. The maximum atomic E-state index is 12.5. The topological polar surface area (TPSA) is 88.1 Å². The van der Waals surface area contributed by atoms with Gasteiger partial charge in [0.1, 0.15) is 29.4 Å². The van der Waals surface area contributed by atoms with E-state index in [1.807, 2.05) is 31.2 Å². The van der Waals surface area contributed by atoms with E-state index in [9.17, 15) is 9.59 Å². The van der Waals surface area contributed by atoms with Crippen LogP contribution < -0.4 is 15.1 Å². The van der Waals surface area contributed by atoms with Crippen LogP contribution in [-0.2, 0) is 11.3 Å². The first-order valence-corrected chi connectivity index (χ1v) is 9.27. The molecule has 2 heterocycles. The minimum absolute atomic E-state index is 0.122. The van der Waals surface area contributed by atoms with Gasteiger partial charge in [0.25, 0.3) is 0 Å². The molecule has 0 aliphatic rings. The van der Waals surface area contributed by atoms with E-state index in [1.165, 1.54) is 7.11 Å². The molecule has 0 N–H and O–H groups in total. The van der Waals surface area contributed by atoms with Crippen molar-refractivity contribution < 1.29 is 27.8 Å². The van der Waals surface area contributed by atoms with Crippen LogP contribution in [0.25, 0.3) is 21.7 Å². The molecule has 0 unspecified atom stereocenters. The normalized spacial score (nSPS) is 11.1. The summed E-state index contributed by atoms with van der Waals surface area (Å²) >= 11 is 0. The maximum Gasteiger partial charge on any atom is 0.373 e. The Morgan fingerprint density at radius 1 is 0.967 bits per heavy atom. The standard InChI is InChI=1S/C23H20O7/c1-12-19(28-11-14-9-20(23(25)27-4)29-13(14)2)8-7-17-16-6-5-15(26-3)10-18(16)22(24)30-21(12)17/h5-10H,11H2,1-4H3. The summed E-state index contributed by atoms with van der Waals surface area (Å²) in [5.41, 5.74) is 1.46. The first kappa shape index (κ1) is 19.6. The first-order chi connectivity index (χ1) is 14.4. The molecule has 0 fully saturated rings. The maximum absolute atomic E-state index is 12.5. The summed E-state index contributed by atoms with van der Waals surface area (Å²) in [6.45, 7) is 3.77. The fraction of sp³-hybridized carbons (Fsp3) is 0.217. The third kappa shape index (κ3) is 3.28. The number of esters is 1. The number of fused-ring (bicyclic) bond motifs is 3. The summed E-state index contributed by atoms with van der Waals surface area (Å²) in [4.78, 5) is 24.2. The zero-order valence-electron chi connectivity index (χ0n) is 17.0. The molecule has 4 aromatic rings. The highest BCUT2D eigenvalue weighted by Crippen LogP contribution is 2.32. The first-order valence-electron chi connectivity index (χ1n) is 9.27. The van der Waals surface area contributed by atoms with Crippen LogP contribution in [0.2, 0.25) is 0 Å². The number of benzene rings is 2. The van der Waals surface area contributed by atoms with Gasteiger partial charge in [-0.1, -0.05) is 0 Å². The predicted octanol–water partition coefficient (Wildman–Crippen LogP) is 4.53. The smallest absolute Gasteiger partial charge is 0.373 e. The molecule has 2 aromatic carbocycles. The second-order valence-corrected chi connectivity index (χ2v) is 6.84. The van der Waals surface area contributed by atoms with E-state index in [-0.39, 0.29) is 12.4 Å². The van der Waals surface area contributed by atoms with Crippen molar-refractivity contribution in [2.45, 2.75) is 20.5 Å². The molecule has 0 aliphatic carbocycles. The summed E-state index contributed by atoms with van der Waals surface area (Å²) in [5.74, 6) is 1.31. The number of aryl methyl sites for hydroxylation is 2. The van der Waals surface area contributed by atoms with E-state index in [2.05, 4.69) is 4.74 Å². The molecule has 154 valence electrons. The second-order valence-electron chi connectivity index (χ2n) is 6.84. The number of methoxy groups -OCH3 is 2. The average molecular weight is 408 g/mol. The Labute approximate surface area is 171 Å². The van der Waals surface area contributed by atoms with Crippen LogP contribution in [-0.4, -0.2) is 20.2 Å². The quantitative estimate of drug-likeness (QED) is 0.272. The molecule has 2 aromatic heterocycles. The van der Waals surface area contributed by atoms with Gasteiger partial charge in [-0.3, -0.25) is 0 Å². The van der Waals surface area contributed by atoms with E-state index in [4.69, 9.17) is 18.3 Å². The average Bonchev–Trinajstić information content (AvgIpc) is 3.13. The monoisotopic (exact) mass is 408 g/mol. The lowest BCUT2D eigenvalue weighted by atomic mass is 10.0. The SMILES string of the molecule is COC(=O)c1cc(COc2ccc3c(oc(=O)c4cc(OC)ccc43)c2C)c(C)o1. The van der Waals surface area contributed by atoms with Crippen molar-refractivity contribution in [3.05, 3.63) is 69.5 Å². The highest BCUT2D eigenvalue weighted by Gasteiger charge is 2.17. The van der Waals surface area contributed by atoms with Crippen molar-refractivity contribution in [2.75, 3.05) is 14.2 Å². The highest BCUT2D eigenvalue weighted by molar-refractivity contribution is 6.06. The summed E-state index contributed by atoms with van der Waals surface area (Å²) in [5, 5.41) is 2.05. The van der Waals surface area contributed by atoms with E-state index in [0.29, 0.717) is 33.8 Å². The van der Waals surface area contributed by atoms with Crippen LogP contribution in [0, 0.1) is 13.8 Å². The van der Waals surface area contributed by atoms with Gasteiger partial charge in [0, 0.05) is 21.9 Å². The number of ether oxygens (including phenoxy) is 3. The molecule has 4 rings (SSSR count). The summed E-state index contributed by atoms with van der Waals surface area (Å²) in [6, 6.07) is 10.6. The number of furan rings is 1. The molecule has 0 spiro atoms. The summed E-state index contributed by atoms with van der Waals surface area (Å²) in [6.07, 6.45) is 0. The summed E-state index contributed by atoms with van der Waals surface area (Å²) < 4.78 is 26.8. The van der Waals surface area contributed by atoms with Gasteiger partial charge in [-0.05, 0) is 50.2 Å². The van der Waals surface area contributed by atoms with Gasteiger partial charge >= 0.3 is 11.6 Å². The van der Waals surface area contributed by atoms with Crippen LogP contribution in [0.15, 0.2) is 50.0 Å². The van der Waals surface area contributed by atoms with Gasteiger partial charge in [0.2, 0.25) is 5.76 Å². The van der Waals surface area contributed by atoms with Gasteiger partial charge in [-0.15, -0.1) is 0 Å². The van der Waals surface area contributed by atoms with Gasteiger partial charge in [-0.25, -0.2) is 9.59 Å². The van der Waals surface area contributed by atoms with Crippen molar-refractivity contribution in [1.82, 2.24) is 0 Å². The van der Waals surface area contributed by atoms with Crippen LogP contribution in [0.5, 0.6) is 11.5 Å². The highest BCUT2D eigenvalue weighted by atomic mass is 16.5. The summed E-state index contributed by atoms with van der Waals surface area (Å²) in [7, 11) is 2.84. The lowest BCUT2D eigenvalue weighted by Crippen LogP contribution is -2.03. The van der Waals surface area contributed by atoms with E-state index < -0.39 is 11.6 Å². The van der Waals surface area contributed by atoms with Crippen LogP contribution in [0.4, 0.5) is 0 Å². The Morgan fingerprint density at radius 3 is 2.47 bits per heavy atom. The van der Waals surface area contributed by atoms with Crippen molar-refractivity contribution >= 4 is 27.7 Å². The van der Waals surface area contributed by atoms with Crippen LogP contribution >= 0.6 is 0 Å². The van der Waals surface area contributed by atoms with Crippen molar-refractivity contribution in [3.8, 4) is 11.5 Å². The molecule has 0 saturated heterocycles. The molecule has 7 heteroatoms. The third-order valence-electron chi connectivity index (χ3n) is 5.08. The fourth-order valence-corrected chi connectivity index (χ4v) is 3.40. The lowest BCUT2D eigenvalue weighted by Gasteiger charge is -2.12. The second kappa shape index (κ2) is 7.59. The fourth-order valence-electron chi connectivity index (χ4n) is 3.40. The number of rotatable bonds is 5. The number of hydrogen-bond acceptors (Lipinski definition) is 7. The molecular formula is C23H20O7. The van der Waals surface area contributed by atoms with Crippen molar-refractivity contribution in [2.24, 2.45) is 0 Å². The minimum Gasteiger partial charge on any atom is -0.497 e. The number of carbonyl (C=O) groups excluding carboxylic acids is 1. The predicted molar refractivity (Wildman–Crippen MR) is 110 cm³/mol. The molecule has 0 aliphatic heterocycles. The van der Waals surface area contributed by atoms with Crippen LogP contribution in [0.1, 0.15) is 27.4 Å². The molecule has 0 amide bonds. The van der Waals surface area contributed by atoms with Gasteiger partial charge in [0.05, 0.1) is 19.6 Å². The van der Waals surface area contributed by atoms with E-state index in [1.54, 1.807) is 26.2 Å².